The number of nitrogens with one attached hydrogen (secondary N) is 1. The van der Waals surface area contributed by atoms with Crippen LogP contribution in [0.4, 0.5) is 0 Å². The summed E-state index contributed by atoms with van der Waals surface area (Å²) in [7, 11) is -3.55. The summed E-state index contributed by atoms with van der Waals surface area (Å²) in [6, 6.07) is 6.47. The van der Waals surface area contributed by atoms with Crippen LogP contribution in [-0.4, -0.2) is 27.5 Å². The van der Waals surface area contributed by atoms with E-state index in [9.17, 15) is 13.2 Å². The van der Waals surface area contributed by atoms with Gasteiger partial charge in [0.25, 0.3) is 0 Å². The van der Waals surface area contributed by atoms with E-state index in [2.05, 4.69) is 16.0 Å². The zero-order valence-electron chi connectivity index (χ0n) is 10.0. The van der Waals surface area contributed by atoms with Gasteiger partial charge in [-0.05, 0) is 19.1 Å². The Morgan fingerprint density at radius 1 is 1.39 bits per heavy atom. The molecule has 0 spiro atoms. The molecular weight excluding hydrogens is 254 g/mol. The molecule has 0 bridgehead atoms. The Bertz CT molecular complexity index is 520. The SMILES string of the molecule is C=CC(=O)OCCNS(=O)(=O)c1ccc(C)cc1. The number of sulfonamides is 1. The molecule has 0 unspecified atom stereocenters. The van der Waals surface area contributed by atoms with E-state index < -0.39 is 16.0 Å². The van der Waals surface area contributed by atoms with Gasteiger partial charge < -0.3 is 4.74 Å². The van der Waals surface area contributed by atoms with Gasteiger partial charge in [0, 0.05) is 12.6 Å². The smallest absolute Gasteiger partial charge is 0.330 e. The Morgan fingerprint density at radius 3 is 2.56 bits per heavy atom. The van der Waals surface area contributed by atoms with E-state index in [0.29, 0.717) is 0 Å². The first-order valence-corrected chi connectivity index (χ1v) is 6.79. The molecule has 18 heavy (non-hydrogen) atoms. The predicted octanol–water partition coefficient (Wildman–Crippen LogP) is 1.00. The highest BCUT2D eigenvalue weighted by Crippen LogP contribution is 2.09. The summed E-state index contributed by atoms with van der Waals surface area (Å²) in [5.74, 6) is -0.579. The average molecular weight is 269 g/mol. The van der Waals surface area contributed by atoms with Gasteiger partial charge in [0.05, 0.1) is 4.90 Å². The van der Waals surface area contributed by atoms with Crippen LogP contribution < -0.4 is 4.72 Å². The molecule has 1 aromatic rings. The first-order chi connectivity index (χ1) is 8.45. The molecule has 1 aromatic carbocycles. The molecule has 1 N–H and O–H groups in total. The van der Waals surface area contributed by atoms with Crippen molar-refractivity contribution >= 4 is 16.0 Å². The summed E-state index contributed by atoms with van der Waals surface area (Å²) in [6.45, 7) is 5.10. The van der Waals surface area contributed by atoms with Crippen molar-refractivity contribution < 1.29 is 17.9 Å². The molecule has 0 saturated heterocycles. The van der Waals surface area contributed by atoms with Gasteiger partial charge in [-0.25, -0.2) is 17.9 Å². The molecule has 5 nitrogen and oxygen atoms in total. The first-order valence-electron chi connectivity index (χ1n) is 5.31. The molecular formula is C12H15NO4S. The average Bonchev–Trinajstić information content (AvgIpc) is 2.35. The minimum Gasteiger partial charge on any atom is -0.461 e. The van der Waals surface area contributed by atoms with Gasteiger partial charge in [-0.15, -0.1) is 0 Å². The second-order valence-electron chi connectivity index (χ2n) is 3.58. The molecule has 6 heteroatoms. The van der Waals surface area contributed by atoms with Crippen molar-refractivity contribution in [3.63, 3.8) is 0 Å². The number of ether oxygens (including phenoxy) is 1. The molecule has 0 aliphatic carbocycles. The van der Waals surface area contributed by atoms with Crippen molar-refractivity contribution in [3.8, 4) is 0 Å². The zero-order valence-corrected chi connectivity index (χ0v) is 10.9. The van der Waals surface area contributed by atoms with Gasteiger partial charge in [0.1, 0.15) is 6.61 Å². The Balaban J connectivity index is 2.52. The van der Waals surface area contributed by atoms with E-state index in [1.165, 1.54) is 12.1 Å². The molecule has 98 valence electrons. The maximum Gasteiger partial charge on any atom is 0.330 e. The van der Waals surface area contributed by atoms with Gasteiger partial charge in [-0.2, -0.15) is 0 Å². The maximum atomic E-state index is 11.8. The number of esters is 1. The monoisotopic (exact) mass is 269 g/mol. The first kappa shape index (κ1) is 14.4. The van der Waals surface area contributed by atoms with Crippen molar-refractivity contribution in [1.82, 2.24) is 4.72 Å². The largest absolute Gasteiger partial charge is 0.461 e. The quantitative estimate of drug-likeness (QED) is 0.475. The fourth-order valence-corrected chi connectivity index (χ4v) is 2.20. The zero-order chi connectivity index (χ0) is 13.6. The minimum absolute atomic E-state index is 0.0236. The highest BCUT2D eigenvalue weighted by Gasteiger charge is 2.12. The van der Waals surface area contributed by atoms with Crippen LogP contribution in [0.3, 0.4) is 0 Å². The minimum atomic E-state index is -3.55. The van der Waals surface area contributed by atoms with Crippen molar-refractivity contribution in [2.75, 3.05) is 13.2 Å². The van der Waals surface area contributed by atoms with Crippen LogP contribution >= 0.6 is 0 Å². The van der Waals surface area contributed by atoms with Crippen LogP contribution in [0.25, 0.3) is 0 Å². The van der Waals surface area contributed by atoms with Crippen LogP contribution in [0.5, 0.6) is 0 Å². The highest BCUT2D eigenvalue weighted by atomic mass is 32.2. The lowest BCUT2D eigenvalue weighted by molar-refractivity contribution is -0.137. The highest BCUT2D eigenvalue weighted by molar-refractivity contribution is 7.89. The lowest BCUT2D eigenvalue weighted by atomic mass is 10.2. The van der Waals surface area contributed by atoms with Crippen molar-refractivity contribution in [2.24, 2.45) is 0 Å². The van der Waals surface area contributed by atoms with E-state index in [0.717, 1.165) is 11.6 Å². The van der Waals surface area contributed by atoms with Crippen LogP contribution in [0.2, 0.25) is 0 Å². The Morgan fingerprint density at radius 2 is 2.00 bits per heavy atom. The van der Waals surface area contributed by atoms with E-state index >= 15 is 0 Å². The number of rotatable bonds is 6. The third kappa shape index (κ3) is 4.31. The molecule has 0 fully saturated rings. The summed E-state index contributed by atoms with van der Waals surface area (Å²) in [5.41, 5.74) is 0.980. The van der Waals surface area contributed by atoms with Crippen LogP contribution in [0, 0.1) is 6.92 Å². The second-order valence-corrected chi connectivity index (χ2v) is 5.35. The molecule has 0 aliphatic rings. The number of aryl methyl sites for hydroxylation is 1. The van der Waals surface area contributed by atoms with Gasteiger partial charge >= 0.3 is 5.97 Å². The molecule has 0 aliphatic heterocycles. The van der Waals surface area contributed by atoms with Gasteiger partial charge in [0.15, 0.2) is 0 Å². The van der Waals surface area contributed by atoms with E-state index in [-0.39, 0.29) is 18.0 Å². The predicted molar refractivity (Wildman–Crippen MR) is 67.5 cm³/mol. The molecule has 0 heterocycles. The van der Waals surface area contributed by atoms with Gasteiger partial charge in [0.2, 0.25) is 10.0 Å². The van der Waals surface area contributed by atoms with Crippen LogP contribution in [0.15, 0.2) is 41.8 Å². The second kappa shape index (κ2) is 6.32. The number of carbonyl (C=O) groups excluding carboxylic acids is 1. The number of hydrogen-bond acceptors (Lipinski definition) is 4. The molecule has 0 atom stereocenters. The standard InChI is InChI=1S/C12H15NO4S/c1-3-12(14)17-9-8-13-18(15,16)11-6-4-10(2)5-7-11/h3-7,13H,1,8-9H2,2H3. The molecule has 1 rings (SSSR count). The van der Waals surface area contributed by atoms with E-state index in [1.807, 2.05) is 6.92 Å². The molecule has 0 radical (unpaired) electrons. The summed E-state index contributed by atoms with van der Waals surface area (Å²) in [4.78, 5) is 10.9. The fourth-order valence-electron chi connectivity index (χ4n) is 1.19. The summed E-state index contributed by atoms with van der Waals surface area (Å²) < 4.78 is 30.6. The van der Waals surface area contributed by atoms with Gasteiger partial charge in [-0.3, -0.25) is 0 Å². The third-order valence-corrected chi connectivity index (χ3v) is 3.61. The van der Waals surface area contributed by atoms with E-state index in [4.69, 9.17) is 0 Å². The van der Waals surface area contributed by atoms with Crippen molar-refractivity contribution in [3.05, 3.63) is 42.5 Å². The molecule has 0 saturated carbocycles. The van der Waals surface area contributed by atoms with Crippen LogP contribution in [-0.2, 0) is 19.6 Å². The normalized spacial score (nSPS) is 10.9. The molecule has 0 aromatic heterocycles. The topological polar surface area (TPSA) is 72.5 Å². The maximum absolute atomic E-state index is 11.8. The Kier molecular flexibility index (Phi) is 5.06. The van der Waals surface area contributed by atoms with Gasteiger partial charge in [-0.1, -0.05) is 24.3 Å². The van der Waals surface area contributed by atoms with E-state index in [1.54, 1.807) is 12.1 Å². The van der Waals surface area contributed by atoms with Crippen molar-refractivity contribution in [1.29, 1.82) is 0 Å². The lowest BCUT2D eigenvalue weighted by Gasteiger charge is -2.07. The fraction of sp³-hybridized carbons (Fsp3) is 0.250. The number of hydrogen-bond donors (Lipinski definition) is 1. The third-order valence-electron chi connectivity index (χ3n) is 2.14. The van der Waals surface area contributed by atoms with Crippen LogP contribution in [0.1, 0.15) is 5.56 Å². The Hall–Kier alpha value is -1.66. The number of benzene rings is 1. The summed E-state index contributed by atoms with van der Waals surface area (Å²) in [6.07, 6.45) is 1.02. The summed E-state index contributed by atoms with van der Waals surface area (Å²) in [5, 5.41) is 0. The Labute approximate surface area is 107 Å². The summed E-state index contributed by atoms with van der Waals surface area (Å²) >= 11 is 0. The van der Waals surface area contributed by atoms with Crippen molar-refractivity contribution in [2.45, 2.75) is 11.8 Å². The molecule has 0 amide bonds. The lowest BCUT2D eigenvalue weighted by Crippen LogP contribution is -2.28. The number of carbonyl (C=O) groups is 1.